The van der Waals surface area contributed by atoms with Crippen LogP contribution in [0.5, 0.6) is 0 Å². The zero-order valence-corrected chi connectivity index (χ0v) is 10.4. The Hall–Kier alpha value is -2.13. The molecule has 0 aliphatic rings. The number of nitrogens with one attached hydrogen (secondary N) is 1. The molecule has 2 aromatic rings. The average Bonchev–Trinajstić information content (AvgIpc) is 2.40. The highest BCUT2D eigenvalue weighted by Crippen LogP contribution is 2.24. The van der Waals surface area contributed by atoms with Crippen LogP contribution in [0.4, 0.5) is 0 Å². The summed E-state index contributed by atoms with van der Waals surface area (Å²) in [5.74, 6) is -0.239. The van der Waals surface area contributed by atoms with Crippen molar-refractivity contribution in [2.75, 3.05) is 7.11 Å². The minimum Gasteiger partial charge on any atom is -0.277 e. The van der Waals surface area contributed by atoms with Crippen LogP contribution in [0.15, 0.2) is 48.5 Å². The molecule has 0 radical (unpaired) electrons. The van der Waals surface area contributed by atoms with Gasteiger partial charge in [-0.15, -0.1) is 0 Å². The molecule has 0 bridgehead atoms. The minimum atomic E-state index is -0.239. The molecule has 0 saturated carbocycles. The molecule has 0 aliphatic heterocycles. The number of carbonyl (C=O) groups is 1. The van der Waals surface area contributed by atoms with Crippen LogP contribution in [-0.4, -0.2) is 13.0 Å². The van der Waals surface area contributed by atoms with E-state index in [4.69, 9.17) is 0 Å². The van der Waals surface area contributed by atoms with Gasteiger partial charge in [0.15, 0.2) is 0 Å². The standard InChI is InChI=1S/C15H15NO2/c1-11-8-9-13(15(17)16-18-2)14(10-11)12-6-4-3-5-7-12/h3-10H,1-2H3,(H,16,17). The number of amides is 1. The van der Waals surface area contributed by atoms with Crippen molar-refractivity contribution in [3.63, 3.8) is 0 Å². The van der Waals surface area contributed by atoms with Crippen LogP contribution >= 0.6 is 0 Å². The number of hydroxylamine groups is 1. The smallest absolute Gasteiger partial charge is 0.275 e. The number of benzene rings is 2. The zero-order chi connectivity index (χ0) is 13.0. The van der Waals surface area contributed by atoms with Crippen molar-refractivity contribution in [2.45, 2.75) is 6.92 Å². The van der Waals surface area contributed by atoms with Gasteiger partial charge in [0.05, 0.1) is 7.11 Å². The molecule has 0 unspecified atom stereocenters. The highest BCUT2D eigenvalue weighted by molar-refractivity contribution is 6.00. The van der Waals surface area contributed by atoms with Crippen molar-refractivity contribution in [3.8, 4) is 11.1 Å². The first-order valence-electron chi connectivity index (χ1n) is 5.72. The Bertz CT molecular complexity index is 550. The van der Waals surface area contributed by atoms with E-state index in [0.717, 1.165) is 16.7 Å². The van der Waals surface area contributed by atoms with Gasteiger partial charge in [-0.3, -0.25) is 9.63 Å². The molecule has 2 aromatic carbocycles. The number of rotatable bonds is 3. The highest BCUT2D eigenvalue weighted by atomic mass is 16.6. The Morgan fingerprint density at radius 2 is 1.83 bits per heavy atom. The number of carbonyl (C=O) groups excluding carboxylic acids is 1. The average molecular weight is 241 g/mol. The fourth-order valence-electron chi connectivity index (χ4n) is 1.86. The van der Waals surface area contributed by atoms with Gasteiger partial charge < -0.3 is 0 Å². The van der Waals surface area contributed by atoms with Crippen LogP contribution in [0, 0.1) is 6.92 Å². The molecule has 0 aromatic heterocycles. The van der Waals surface area contributed by atoms with E-state index in [0.29, 0.717) is 5.56 Å². The Morgan fingerprint density at radius 1 is 1.11 bits per heavy atom. The van der Waals surface area contributed by atoms with Gasteiger partial charge in [0, 0.05) is 5.56 Å². The number of hydrogen-bond donors (Lipinski definition) is 1. The van der Waals surface area contributed by atoms with Gasteiger partial charge in [0.25, 0.3) is 5.91 Å². The third-order valence-corrected chi connectivity index (χ3v) is 2.70. The SMILES string of the molecule is CONC(=O)c1ccc(C)cc1-c1ccccc1. The quantitative estimate of drug-likeness (QED) is 0.839. The molecule has 18 heavy (non-hydrogen) atoms. The Morgan fingerprint density at radius 3 is 2.50 bits per heavy atom. The van der Waals surface area contributed by atoms with E-state index in [9.17, 15) is 4.79 Å². The monoisotopic (exact) mass is 241 g/mol. The van der Waals surface area contributed by atoms with Crippen molar-refractivity contribution < 1.29 is 9.63 Å². The summed E-state index contributed by atoms with van der Waals surface area (Å²) in [5, 5.41) is 0. The molecule has 3 nitrogen and oxygen atoms in total. The fourth-order valence-corrected chi connectivity index (χ4v) is 1.86. The summed E-state index contributed by atoms with van der Waals surface area (Å²) >= 11 is 0. The first kappa shape index (κ1) is 12.3. The molecule has 92 valence electrons. The summed E-state index contributed by atoms with van der Waals surface area (Å²) in [6, 6.07) is 15.6. The van der Waals surface area contributed by atoms with E-state index in [1.165, 1.54) is 7.11 Å². The lowest BCUT2D eigenvalue weighted by atomic mass is 9.97. The molecule has 0 spiro atoms. The molecule has 1 N–H and O–H groups in total. The zero-order valence-electron chi connectivity index (χ0n) is 10.4. The summed E-state index contributed by atoms with van der Waals surface area (Å²) in [7, 11) is 1.42. The van der Waals surface area contributed by atoms with Crippen molar-refractivity contribution in [1.29, 1.82) is 0 Å². The largest absolute Gasteiger partial charge is 0.277 e. The maximum Gasteiger partial charge on any atom is 0.275 e. The van der Waals surface area contributed by atoms with Crippen molar-refractivity contribution in [2.24, 2.45) is 0 Å². The molecule has 3 heteroatoms. The van der Waals surface area contributed by atoms with Gasteiger partial charge in [0.1, 0.15) is 0 Å². The van der Waals surface area contributed by atoms with Crippen LogP contribution in [0.2, 0.25) is 0 Å². The Balaban J connectivity index is 2.51. The van der Waals surface area contributed by atoms with Gasteiger partial charge in [-0.05, 0) is 24.1 Å². The first-order chi connectivity index (χ1) is 8.72. The van der Waals surface area contributed by atoms with Crippen LogP contribution in [-0.2, 0) is 4.84 Å². The fraction of sp³-hybridized carbons (Fsp3) is 0.133. The predicted octanol–water partition coefficient (Wildman–Crippen LogP) is 2.95. The van der Waals surface area contributed by atoms with Crippen LogP contribution < -0.4 is 5.48 Å². The first-order valence-corrected chi connectivity index (χ1v) is 5.72. The second kappa shape index (κ2) is 5.47. The molecule has 0 saturated heterocycles. The Kier molecular flexibility index (Phi) is 3.75. The number of aryl methyl sites for hydroxylation is 1. The van der Waals surface area contributed by atoms with Gasteiger partial charge >= 0.3 is 0 Å². The van der Waals surface area contributed by atoms with Crippen molar-refractivity contribution in [3.05, 3.63) is 59.7 Å². The van der Waals surface area contributed by atoms with E-state index >= 15 is 0 Å². The van der Waals surface area contributed by atoms with Gasteiger partial charge in [0.2, 0.25) is 0 Å². The molecule has 2 rings (SSSR count). The number of hydrogen-bond acceptors (Lipinski definition) is 2. The lowest BCUT2D eigenvalue weighted by Gasteiger charge is -2.10. The van der Waals surface area contributed by atoms with Gasteiger partial charge in [-0.1, -0.05) is 48.0 Å². The van der Waals surface area contributed by atoms with Gasteiger partial charge in [-0.25, -0.2) is 5.48 Å². The summed E-state index contributed by atoms with van der Waals surface area (Å²) in [6.07, 6.45) is 0. The van der Waals surface area contributed by atoms with E-state index in [1.807, 2.05) is 55.5 Å². The predicted molar refractivity (Wildman–Crippen MR) is 71.1 cm³/mol. The highest BCUT2D eigenvalue weighted by Gasteiger charge is 2.12. The summed E-state index contributed by atoms with van der Waals surface area (Å²) in [4.78, 5) is 16.6. The van der Waals surface area contributed by atoms with Crippen molar-refractivity contribution in [1.82, 2.24) is 5.48 Å². The molecule has 0 atom stereocenters. The summed E-state index contributed by atoms with van der Waals surface area (Å²) < 4.78 is 0. The van der Waals surface area contributed by atoms with Crippen LogP contribution in [0.3, 0.4) is 0 Å². The maximum atomic E-state index is 11.9. The molecular formula is C15H15NO2. The normalized spacial score (nSPS) is 10.1. The third-order valence-electron chi connectivity index (χ3n) is 2.70. The topological polar surface area (TPSA) is 38.3 Å². The second-order valence-electron chi connectivity index (χ2n) is 4.05. The van der Waals surface area contributed by atoms with E-state index in [1.54, 1.807) is 0 Å². The third kappa shape index (κ3) is 2.57. The molecule has 0 heterocycles. The Labute approximate surface area is 106 Å². The lowest BCUT2D eigenvalue weighted by molar-refractivity contribution is 0.0538. The van der Waals surface area contributed by atoms with Crippen LogP contribution in [0.25, 0.3) is 11.1 Å². The maximum absolute atomic E-state index is 11.9. The summed E-state index contributed by atoms with van der Waals surface area (Å²) in [5.41, 5.74) is 6.00. The molecule has 1 amide bonds. The van der Waals surface area contributed by atoms with Gasteiger partial charge in [-0.2, -0.15) is 0 Å². The van der Waals surface area contributed by atoms with E-state index in [-0.39, 0.29) is 5.91 Å². The molecule has 0 aliphatic carbocycles. The van der Waals surface area contributed by atoms with E-state index < -0.39 is 0 Å². The minimum absolute atomic E-state index is 0.239. The van der Waals surface area contributed by atoms with Crippen molar-refractivity contribution >= 4 is 5.91 Å². The summed E-state index contributed by atoms with van der Waals surface area (Å²) in [6.45, 7) is 2.00. The molecule has 0 fully saturated rings. The second-order valence-corrected chi connectivity index (χ2v) is 4.05. The van der Waals surface area contributed by atoms with E-state index in [2.05, 4.69) is 10.3 Å². The van der Waals surface area contributed by atoms with Crippen LogP contribution in [0.1, 0.15) is 15.9 Å². The lowest BCUT2D eigenvalue weighted by Crippen LogP contribution is -2.22. The molecular weight excluding hydrogens is 226 g/mol.